The number of halogens is 2. The summed E-state index contributed by atoms with van der Waals surface area (Å²) in [6, 6.07) is 5.45. The fourth-order valence-electron chi connectivity index (χ4n) is 2.67. The van der Waals surface area contributed by atoms with Gasteiger partial charge in [-0.15, -0.1) is 12.4 Å². The van der Waals surface area contributed by atoms with Crippen LogP contribution in [0.5, 0.6) is 0 Å². The number of nitrogens with zero attached hydrogens (tertiary/aromatic N) is 1. The van der Waals surface area contributed by atoms with Gasteiger partial charge in [0.15, 0.2) is 0 Å². The van der Waals surface area contributed by atoms with Crippen LogP contribution in [-0.2, 0) is 0 Å². The van der Waals surface area contributed by atoms with Gasteiger partial charge in [-0.1, -0.05) is 29.8 Å². The van der Waals surface area contributed by atoms with Crippen LogP contribution < -0.4 is 5.73 Å². The first-order valence-corrected chi connectivity index (χ1v) is 7.62. The summed E-state index contributed by atoms with van der Waals surface area (Å²) in [6.07, 6.45) is 2.19. The van der Waals surface area contributed by atoms with E-state index in [0.717, 1.165) is 36.3 Å². The van der Waals surface area contributed by atoms with Crippen molar-refractivity contribution in [3.63, 3.8) is 0 Å². The molecule has 3 nitrogen and oxygen atoms in total. The molecule has 1 aromatic carbocycles. The first kappa shape index (κ1) is 17.3. The molecule has 2 N–H and O–H groups in total. The van der Waals surface area contributed by atoms with Crippen LogP contribution in [-0.4, -0.2) is 23.9 Å². The molecule has 0 aromatic heterocycles. The minimum absolute atomic E-state index is 0. The van der Waals surface area contributed by atoms with E-state index in [-0.39, 0.29) is 18.3 Å². The van der Waals surface area contributed by atoms with Crippen LogP contribution in [0.15, 0.2) is 22.7 Å². The molecule has 1 aliphatic rings. The molecule has 1 heterocycles. The number of carbonyl (C=O) groups is 1. The number of carbonyl (C=O) groups excluding carboxylic acids is 1. The van der Waals surface area contributed by atoms with Crippen molar-refractivity contribution in [2.24, 2.45) is 11.8 Å². The molecule has 0 bridgehead atoms. The number of rotatable bonds is 2. The Hall–Kier alpha value is -0.740. The Labute approximate surface area is 135 Å². The van der Waals surface area contributed by atoms with Gasteiger partial charge >= 0.3 is 0 Å². The number of anilines is 1. The van der Waals surface area contributed by atoms with E-state index >= 15 is 0 Å². The average Bonchev–Trinajstić information content (AvgIpc) is 2.38. The van der Waals surface area contributed by atoms with Crippen molar-refractivity contribution in [1.29, 1.82) is 0 Å². The number of amides is 1. The van der Waals surface area contributed by atoms with Crippen molar-refractivity contribution >= 4 is 39.9 Å². The van der Waals surface area contributed by atoms with Crippen molar-refractivity contribution in [3.05, 3.63) is 28.2 Å². The molecule has 1 aromatic rings. The topological polar surface area (TPSA) is 46.3 Å². The Bertz CT molecular complexity index is 471. The molecular formula is C15H22BrClN2O. The van der Waals surface area contributed by atoms with Gasteiger partial charge in [-0.2, -0.15) is 0 Å². The second-order valence-electron chi connectivity index (χ2n) is 5.61. The summed E-state index contributed by atoms with van der Waals surface area (Å²) in [6.45, 7) is 6.21. The normalized spacial score (nSPS) is 16.1. The largest absolute Gasteiger partial charge is 0.398 e. The Kier molecular flexibility index (Phi) is 6.34. The van der Waals surface area contributed by atoms with Crippen molar-refractivity contribution in [2.45, 2.75) is 26.7 Å². The van der Waals surface area contributed by atoms with Gasteiger partial charge in [0.05, 0.1) is 5.56 Å². The highest BCUT2D eigenvalue weighted by atomic mass is 79.9. The first-order valence-electron chi connectivity index (χ1n) is 6.83. The predicted octanol–water partition coefficient (Wildman–Crippen LogP) is 3.96. The zero-order valence-corrected chi connectivity index (χ0v) is 14.3. The smallest absolute Gasteiger partial charge is 0.255 e. The monoisotopic (exact) mass is 360 g/mol. The Morgan fingerprint density at radius 2 is 1.95 bits per heavy atom. The zero-order valence-electron chi connectivity index (χ0n) is 11.9. The summed E-state index contributed by atoms with van der Waals surface area (Å²) in [5, 5.41) is 0. The van der Waals surface area contributed by atoms with E-state index in [2.05, 4.69) is 29.8 Å². The maximum Gasteiger partial charge on any atom is 0.255 e. The molecule has 0 atom stereocenters. The number of hydrogen-bond acceptors (Lipinski definition) is 2. The lowest BCUT2D eigenvalue weighted by molar-refractivity contribution is 0.0669. The van der Waals surface area contributed by atoms with Gasteiger partial charge in [-0.05, 0) is 42.9 Å². The Balaban J connectivity index is 0.00000200. The lowest BCUT2D eigenvalue weighted by Gasteiger charge is -2.34. The molecular weight excluding hydrogens is 340 g/mol. The van der Waals surface area contributed by atoms with Gasteiger partial charge in [0.25, 0.3) is 5.91 Å². The van der Waals surface area contributed by atoms with Crippen molar-refractivity contribution in [2.75, 3.05) is 18.8 Å². The Morgan fingerprint density at radius 1 is 1.35 bits per heavy atom. The molecule has 0 aliphatic carbocycles. The molecule has 2 rings (SSSR count). The molecule has 20 heavy (non-hydrogen) atoms. The molecule has 1 saturated heterocycles. The van der Waals surface area contributed by atoms with Gasteiger partial charge in [-0.3, -0.25) is 4.79 Å². The van der Waals surface area contributed by atoms with Crippen LogP contribution >= 0.6 is 28.3 Å². The number of piperidine rings is 1. The van der Waals surface area contributed by atoms with Crippen LogP contribution in [0, 0.1) is 11.8 Å². The molecule has 1 fully saturated rings. The number of nitrogen functional groups attached to an aromatic ring is 1. The van der Waals surface area contributed by atoms with E-state index in [1.165, 1.54) is 0 Å². The molecule has 0 saturated carbocycles. The highest BCUT2D eigenvalue weighted by Crippen LogP contribution is 2.26. The molecule has 0 spiro atoms. The van der Waals surface area contributed by atoms with Crippen LogP contribution in [0.25, 0.3) is 0 Å². The molecule has 0 unspecified atom stereocenters. The van der Waals surface area contributed by atoms with E-state index in [1.807, 2.05) is 11.0 Å². The SMILES string of the molecule is CC(C)C1CCN(C(=O)c2ccc(Br)cc2N)CC1.Cl. The quantitative estimate of drug-likeness (QED) is 0.810. The Morgan fingerprint density at radius 3 is 2.45 bits per heavy atom. The highest BCUT2D eigenvalue weighted by Gasteiger charge is 2.25. The molecule has 0 radical (unpaired) electrons. The predicted molar refractivity (Wildman–Crippen MR) is 89.3 cm³/mol. The van der Waals surface area contributed by atoms with Gasteiger partial charge < -0.3 is 10.6 Å². The molecule has 1 aliphatic heterocycles. The molecule has 112 valence electrons. The molecule has 5 heteroatoms. The standard InChI is InChI=1S/C15H21BrN2O.ClH/c1-10(2)11-5-7-18(8-6-11)15(19)13-4-3-12(16)9-14(13)17;/h3-4,9-11H,5-8,17H2,1-2H3;1H. The first-order chi connectivity index (χ1) is 8.99. The number of hydrogen-bond donors (Lipinski definition) is 1. The third-order valence-corrected chi connectivity index (χ3v) is 4.51. The van der Waals surface area contributed by atoms with E-state index in [0.29, 0.717) is 17.2 Å². The fourth-order valence-corrected chi connectivity index (χ4v) is 3.05. The summed E-state index contributed by atoms with van der Waals surface area (Å²) in [5.41, 5.74) is 7.09. The maximum absolute atomic E-state index is 12.4. The van der Waals surface area contributed by atoms with E-state index < -0.39 is 0 Å². The van der Waals surface area contributed by atoms with Crippen molar-refractivity contribution in [3.8, 4) is 0 Å². The summed E-state index contributed by atoms with van der Waals surface area (Å²) in [5.74, 6) is 1.51. The second kappa shape index (κ2) is 7.32. The second-order valence-corrected chi connectivity index (χ2v) is 6.52. The van der Waals surface area contributed by atoms with Crippen LogP contribution in [0.2, 0.25) is 0 Å². The average molecular weight is 362 g/mol. The van der Waals surface area contributed by atoms with Crippen molar-refractivity contribution in [1.82, 2.24) is 4.90 Å². The summed E-state index contributed by atoms with van der Waals surface area (Å²) >= 11 is 3.36. The van der Waals surface area contributed by atoms with Crippen LogP contribution in [0.1, 0.15) is 37.0 Å². The van der Waals surface area contributed by atoms with Crippen molar-refractivity contribution < 1.29 is 4.79 Å². The minimum Gasteiger partial charge on any atom is -0.398 e. The molecule has 1 amide bonds. The lowest BCUT2D eigenvalue weighted by atomic mass is 9.86. The van der Waals surface area contributed by atoms with Gasteiger partial charge in [0.2, 0.25) is 0 Å². The van der Waals surface area contributed by atoms with Gasteiger partial charge in [0, 0.05) is 23.2 Å². The fraction of sp³-hybridized carbons (Fsp3) is 0.533. The summed E-state index contributed by atoms with van der Waals surface area (Å²) in [4.78, 5) is 14.4. The van der Waals surface area contributed by atoms with Gasteiger partial charge in [-0.25, -0.2) is 0 Å². The maximum atomic E-state index is 12.4. The number of nitrogens with two attached hydrogens (primary N) is 1. The lowest BCUT2D eigenvalue weighted by Crippen LogP contribution is -2.39. The van der Waals surface area contributed by atoms with E-state index in [9.17, 15) is 4.79 Å². The zero-order chi connectivity index (χ0) is 14.0. The summed E-state index contributed by atoms with van der Waals surface area (Å²) < 4.78 is 0.903. The minimum atomic E-state index is 0. The number of benzene rings is 1. The van der Waals surface area contributed by atoms with E-state index in [1.54, 1.807) is 12.1 Å². The highest BCUT2D eigenvalue weighted by molar-refractivity contribution is 9.10. The third kappa shape index (κ3) is 3.89. The van der Waals surface area contributed by atoms with Crippen LogP contribution in [0.4, 0.5) is 5.69 Å². The third-order valence-electron chi connectivity index (χ3n) is 4.01. The van der Waals surface area contributed by atoms with Crippen LogP contribution in [0.3, 0.4) is 0 Å². The summed E-state index contributed by atoms with van der Waals surface area (Å²) in [7, 11) is 0. The van der Waals surface area contributed by atoms with E-state index in [4.69, 9.17) is 5.73 Å². The van der Waals surface area contributed by atoms with Gasteiger partial charge in [0.1, 0.15) is 0 Å². The number of likely N-dealkylation sites (tertiary alicyclic amines) is 1.